The van der Waals surface area contributed by atoms with Crippen LogP contribution in [0.25, 0.3) is 0 Å². The molecule has 0 bridgehead atoms. The summed E-state index contributed by atoms with van der Waals surface area (Å²) in [5.41, 5.74) is -0.147. The Morgan fingerprint density at radius 2 is 2.50 bits per heavy atom. The fourth-order valence-corrected chi connectivity index (χ4v) is 2.57. The van der Waals surface area contributed by atoms with E-state index in [0.29, 0.717) is 11.8 Å². The maximum atomic E-state index is 11.3. The second-order valence-corrected chi connectivity index (χ2v) is 4.65. The lowest BCUT2D eigenvalue weighted by Gasteiger charge is -2.23. The molecule has 1 heterocycles. The Labute approximate surface area is 86.4 Å². The van der Waals surface area contributed by atoms with Gasteiger partial charge in [-0.2, -0.15) is 0 Å². The number of thioether (sulfide) groups is 1. The Morgan fingerprint density at radius 3 is 3.07 bits per heavy atom. The van der Waals surface area contributed by atoms with Crippen molar-refractivity contribution in [3.8, 4) is 0 Å². The summed E-state index contributed by atoms with van der Waals surface area (Å²) in [6.07, 6.45) is 5.48. The summed E-state index contributed by atoms with van der Waals surface area (Å²) in [6, 6.07) is 0. The minimum absolute atomic E-state index is 0.147. The first-order valence-corrected chi connectivity index (χ1v) is 5.62. The number of hydrogen-bond acceptors (Lipinski definition) is 3. The van der Waals surface area contributed by atoms with Gasteiger partial charge in [-0.25, -0.2) is 9.89 Å². The van der Waals surface area contributed by atoms with E-state index in [1.807, 2.05) is 0 Å². The lowest BCUT2D eigenvalue weighted by atomic mass is 10.0. The maximum absolute atomic E-state index is 11.3. The number of nitrogens with zero attached hydrogens (tertiary/aromatic N) is 2. The smallest absolute Gasteiger partial charge is 0.266 e. The molecule has 1 aromatic heterocycles. The van der Waals surface area contributed by atoms with Crippen molar-refractivity contribution in [1.82, 2.24) is 14.8 Å². The van der Waals surface area contributed by atoms with E-state index >= 15 is 0 Å². The van der Waals surface area contributed by atoms with Crippen molar-refractivity contribution in [2.75, 3.05) is 0 Å². The predicted octanol–water partition coefficient (Wildman–Crippen LogP) is 1.40. The van der Waals surface area contributed by atoms with Crippen molar-refractivity contribution in [2.24, 2.45) is 0 Å². The van der Waals surface area contributed by atoms with Gasteiger partial charge in [0.05, 0.1) is 0 Å². The van der Waals surface area contributed by atoms with E-state index in [1.54, 1.807) is 22.4 Å². The second kappa shape index (κ2) is 4.04. The van der Waals surface area contributed by atoms with Crippen molar-refractivity contribution in [1.29, 1.82) is 0 Å². The number of aromatic amines is 1. The van der Waals surface area contributed by atoms with Crippen molar-refractivity contribution >= 4 is 11.8 Å². The molecular weight excluding hydrogens is 198 g/mol. The zero-order chi connectivity index (χ0) is 9.97. The molecule has 0 aliphatic heterocycles. The fraction of sp³-hybridized carbons (Fsp3) is 0.556. The Hall–Kier alpha value is -0.970. The van der Waals surface area contributed by atoms with Gasteiger partial charge < -0.3 is 0 Å². The Kier molecular flexibility index (Phi) is 2.77. The van der Waals surface area contributed by atoms with Crippen LogP contribution in [0, 0.1) is 0 Å². The molecule has 1 fully saturated rings. The van der Waals surface area contributed by atoms with Gasteiger partial charge >= 0.3 is 5.69 Å². The molecule has 1 aliphatic rings. The number of allylic oxidation sites excluding steroid dienone is 1. The van der Waals surface area contributed by atoms with E-state index in [0.717, 1.165) is 5.16 Å². The zero-order valence-corrected chi connectivity index (χ0v) is 8.72. The highest BCUT2D eigenvalue weighted by Gasteiger charge is 2.21. The van der Waals surface area contributed by atoms with Gasteiger partial charge in [0.1, 0.15) is 0 Å². The molecule has 14 heavy (non-hydrogen) atoms. The van der Waals surface area contributed by atoms with Crippen molar-refractivity contribution < 1.29 is 0 Å². The van der Waals surface area contributed by atoms with Gasteiger partial charge in [0, 0.05) is 11.8 Å². The Bertz CT molecular complexity index is 378. The van der Waals surface area contributed by atoms with Crippen LogP contribution in [0.15, 0.2) is 22.6 Å². The molecule has 76 valence electrons. The third-order valence-electron chi connectivity index (χ3n) is 2.36. The van der Waals surface area contributed by atoms with Crippen LogP contribution in [0.5, 0.6) is 0 Å². The van der Waals surface area contributed by atoms with Crippen LogP contribution >= 0.6 is 11.8 Å². The molecule has 0 aromatic carbocycles. The molecule has 0 radical (unpaired) electrons. The minimum atomic E-state index is -0.147. The summed E-state index contributed by atoms with van der Waals surface area (Å²) >= 11 is 1.69. The second-order valence-electron chi connectivity index (χ2n) is 3.38. The van der Waals surface area contributed by atoms with Crippen LogP contribution in [-0.4, -0.2) is 20.0 Å². The third kappa shape index (κ3) is 1.77. The molecule has 1 aliphatic carbocycles. The van der Waals surface area contributed by atoms with Crippen LogP contribution in [0.3, 0.4) is 0 Å². The third-order valence-corrected chi connectivity index (χ3v) is 3.69. The summed E-state index contributed by atoms with van der Waals surface area (Å²) in [6.45, 7) is 4.15. The van der Waals surface area contributed by atoms with Crippen molar-refractivity contribution in [3.63, 3.8) is 0 Å². The molecule has 0 saturated heterocycles. The molecule has 0 atom stereocenters. The summed E-state index contributed by atoms with van der Waals surface area (Å²) in [5, 5.41) is 7.90. The molecule has 1 saturated carbocycles. The molecule has 0 amide bonds. The average Bonchev–Trinajstić information content (AvgIpc) is 2.43. The Morgan fingerprint density at radius 1 is 1.71 bits per heavy atom. The van der Waals surface area contributed by atoms with E-state index in [9.17, 15) is 4.79 Å². The number of nitrogens with one attached hydrogen (secondary N) is 1. The van der Waals surface area contributed by atoms with Gasteiger partial charge in [-0.05, 0) is 12.8 Å². The topological polar surface area (TPSA) is 50.7 Å². The number of rotatable bonds is 4. The first-order chi connectivity index (χ1) is 6.81. The average molecular weight is 211 g/mol. The summed E-state index contributed by atoms with van der Waals surface area (Å²) < 4.78 is 1.62. The quantitative estimate of drug-likeness (QED) is 0.766. The van der Waals surface area contributed by atoms with Crippen LogP contribution in [0.4, 0.5) is 0 Å². The summed E-state index contributed by atoms with van der Waals surface area (Å²) in [7, 11) is 0. The van der Waals surface area contributed by atoms with Crippen molar-refractivity contribution in [3.05, 3.63) is 23.1 Å². The van der Waals surface area contributed by atoms with Crippen LogP contribution in [0.2, 0.25) is 0 Å². The highest BCUT2D eigenvalue weighted by Crippen LogP contribution is 2.34. The zero-order valence-electron chi connectivity index (χ0n) is 7.90. The highest BCUT2D eigenvalue weighted by molar-refractivity contribution is 7.99. The first-order valence-electron chi connectivity index (χ1n) is 4.74. The van der Waals surface area contributed by atoms with Crippen LogP contribution in [-0.2, 0) is 6.54 Å². The SMILES string of the molecule is C=CCn1c(SC2CCC2)n[nH]c1=O. The molecule has 0 unspecified atom stereocenters. The van der Waals surface area contributed by atoms with Gasteiger partial charge in [-0.1, -0.05) is 24.3 Å². The molecule has 4 nitrogen and oxygen atoms in total. The van der Waals surface area contributed by atoms with Gasteiger partial charge in [0.15, 0.2) is 5.16 Å². The van der Waals surface area contributed by atoms with E-state index in [-0.39, 0.29) is 5.69 Å². The fourth-order valence-electron chi connectivity index (χ4n) is 1.32. The lowest BCUT2D eigenvalue weighted by molar-refractivity contribution is 0.519. The summed E-state index contributed by atoms with van der Waals surface area (Å²) in [4.78, 5) is 11.3. The van der Waals surface area contributed by atoms with E-state index in [1.165, 1.54) is 19.3 Å². The van der Waals surface area contributed by atoms with Crippen LogP contribution in [0.1, 0.15) is 19.3 Å². The minimum Gasteiger partial charge on any atom is -0.266 e. The molecule has 1 N–H and O–H groups in total. The highest BCUT2D eigenvalue weighted by atomic mass is 32.2. The molecule has 1 aromatic rings. The van der Waals surface area contributed by atoms with Crippen molar-refractivity contribution in [2.45, 2.75) is 36.2 Å². The van der Waals surface area contributed by atoms with Gasteiger partial charge in [-0.3, -0.25) is 4.57 Å². The van der Waals surface area contributed by atoms with Gasteiger partial charge in [0.2, 0.25) is 0 Å². The predicted molar refractivity (Wildman–Crippen MR) is 56.5 cm³/mol. The summed E-state index contributed by atoms with van der Waals surface area (Å²) in [5.74, 6) is 0. The van der Waals surface area contributed by atoms with E-state index in [2.05, 4.69) is 16.8 Å². The first kappa shape index (κ1) is 9.58. The van der Waals surface area contributed by atoms with E-state index < -0.39 is 0 Å². The standard InChI is InChI=1S/C9H13N3OS/c1-2-6-12-8(13)10-11-9(12)14-7-4-3-5-7/h2,7H,1,3-6H2,(H,10,13). The largest absolute Gasteiger partial charge is 0.344 e. The monoisotopic (exact) mass is 211 g/mol. The van der Waals surface area contributed by atoms with Crippen LogP contribution < -0.4 is 5.69 Å². The number of H-pyrrole nitrogens is 1. The molecule has 5 heteroatoms. The lowest BCUT2D eigenvalue weighted by Crippen LogP contribution is -2.19. The number of hydrogen-bond donors (Lipinski definition) is 1. The normalized spacial score (nSPS) is 16.6. The Balaban J connectivity index is 2.14. The van der Waals surface area contributed by atoms with Gasteiger partial charge in [-0.15, -0.1) is 11.7 Å². The molecule has 2 rings (SSSR count). The molecule has 0 spiro atoms. The van der Waals surface area contributed by atoms with E-state index in [4.69, 9.17) is 0 Å². The maximum Gasteiger partial charge on any atom is 0.344 e. The molecular formula is C9H13N3OS. The van der Waals surface area contributed by atoms with Gasteiger partial charge in [0.25, 0.3) is 0 Å². The number of aromatic nitrogens is 3.